The molecule has 2 atom stereocenters. The lowest BCUT2D eigenvalue weighted by Crippen LogP contribution is -2.26. The maximum atomic E-state index is 6.24. The molecule has 1 heterocycles. The van der Waals surface area contributed by atoms with Crippen LogP contribution in [0.3, 0.4) is 0 Å². The van der Waals surface area contributed by atoms with Crippen molar-refractivity contribution in [3.8, 4) is 5.75 Å². The Morgan fingerprint density at radius 1 is 1.14 bits per heavy atom. The second-order valence-corrected chi connectivity index (χ2v) is 6.59. The predicted molar refractivity (Wildman–Crippen MR) is 89.8 cm³/mol. The molecular formula is C18H20BrNO. The lowest BCUT2D eigenvalue weighted by Gasteiger charge is -2.32. The molecule has 3 rings (SSSR count). The Balaban J connectivity index is 1.96. The Bertz CT molecular complexity index is 668. The van der Waals surface area contributed by atoms with Gasteiger partial charge in [0.15, 0.2) is 0 Å². The Hall–Kier alpha value is -1.32. The molecule has 1 N–H and O–H groups in total. The Morgan fingerprint density at radius 3 is 2.67 bits per heavy atom. The highest BCUT2D eigenvalue weighted by molar-refractivity contribution is 9.10. The van der Waals surface area contributed by atoms with E-state index < -0.39 is 0 Å². The number of fused-ring (bicyclic) bond motifs is 1. The van der Waals surface area contributed by atoms with Gasteiger partial charge in [0, 0.05) is 22.5 Å². The Kier molecular flexibility index (Phi) is 4.05. The topological polar surface area (TPSA) is 21.3 Å². The highest BCUT2D eigenvalue weighted by Gasteiger charge is 2.28. The van der Waals surface area contributed by atoms with Crippen LogP contribution >= 0.6 is 15.9 Å². The molecule has 0 amide bonds. The smallest absolute Gasteiger partial charge is 0.126 e. The van der Waals surface area contributed by atoms with Crippen molar-refractivity contribution in [2.45, 2.75) is 32.4 Å². The summed E-state index contributed by atoms with van der Waals surface area (Å²) >= 11 is 3.61. The van der Waals surface area contributed by atoms with E-state index in [0.717, 1.165) is 16.6 Å². The van der Waals surface area contributed by atoms with Gasteiger partial charge in [0.1, 0.15) is 11.9 Å². The van der Waals surface area contributed by atoms with Crippen LogP contribution < -0.4 is 10.1 Å². The summed E-state index contributed by atoms with van der Waals surface area (Å²) in [4.78, 5) is 0. The second-order valence-electron chi connectivity index (χ2n) is 5.73. The SMILES string of the molecule is CNC1CC(c2ccc(C)c(Br)c2)Oc2ccc(C)cc21. The molecule has 0 spiro atoms. The van der Waals surface area contributed by atoms with Gasteiger partial charge in [-0.1, -0.05) is 45.8 Å². The first-order valence-corrected chi connectivity index (χ1v) is 8.08. The van der Waals surface area contributed by atoms with Crippen molar-refractivity contribution in [1.29, 1.82) is 0 Å². The van der Waals surface area contributed by atoms with Gasteiger partial charge in [0.2, 0.25) is 0 Å². The van der Waals surface area contributed by atoms with Crippen LogP contribution in [-0.2, 0) is 0 Å². The maximum absolute atomic E-state index is 6.24. The van der Waals surface area contributed by atoms with Crippen LogP contribution in [0, 0.1) is 13.8 Å². The molecule has 21 heavy (non-hydrogen) atoms. The maximum Gasteiger partial charge on any atom is 0.126 e. The molecule has 0 aliphatic carbocycles. The molecule has 1 aliphatic rings. The van der Waals surface area contributed by atoms with Crippen LogP contribution in [0.15, 0.2) is 40.9 Å². The van der Waals surface area contributed by atoms with E-state index in [2.05, 4.69) is 71.5 Å². The second kappa shape index (κ2) is 5.82. The predicted octanol–water partition coefficient (Wildman–Crippen LogP) is 4.85. The molecule has 0 bridgehead atoms. The fraction of sp³-hybridized carbons (Fsp3) is 0.333. The third kappa shape index (κ3) is 2.85. The van der Waals surface area contributed by atoms with Gasteiger partial charge in [-0.15, -0.1) is 0 Å². The van der Waals surface area contributed by atoms with E-state index in [1.165, 1.54) is 22.3 Å². The van der Waals surface area contributed by atoms with Crippen molar-refractivity contribution in [2.75, 3.05) is 7.05 Å². The number of halogens is 1. The van der Waals surface area contributed by atoms with Crippen LogP contribution in [0.1, 0.15) is 40.8 Å². The van der Waals surface area contributed by atoms with E-state index in [1.54, 1.807) is 0 Å². The lowest BCUT2D eigenvalue weighted by atomic mass is 9.92. The van der Waals surface area contributed by atoms with E-state index in [0.29, 0.717) is 6.04 Å². The summed E-state index contributed by atoms with van der Waals surface area (Å²) in [5.41, 5.74) is 5.00. The van der Waals surface area contributed by atoms with Crippen LogP contribution in [0.4, 0.5) is 0 Å². The third-order valence-corrected chi connectivity index (χ3v) is 5.03. The number of nitrogens with one attached hydrogen (secondary N) is 1. The summed E-state index contributed by atoms with van der Waals surface area (Å²) in [7, 11) is 2.02. The summed E-state index contributed by atoms with van der Waals surface area (Å²) in [6, 6.07) is 13.2. The Labute approximate surface area is 134 Å². The fourth-order valence-electron chi connectivity index (χ4n) is 2.88. The van der Waals surface area contributed by atoms with E-state index in [1.807, 2.05) is 7.05 Å². The summed E-state index contributed by atoms with van der Waals surface area (Å²) in [6.07, 6.45) is 1.04. The first kappa shape index (κ1) is 14.6. The van der Waals surface area contributed by atoms with Crippen molar-refractivity contribution in [3.05, 3.63) is 63.1 Å². The molecule has 0 saturated carbocycles. The zero-order valence-electron chi connectivity index (χ0n) is 12.6. The van der Waals surface area contributed by atoms with Gasteiger partial charge in [-0.25, -0.2) is 0 Å². The third-order valence-electron chi connectivity index (χ3n) is 4.18. The molecule has 2 aromatic rings. The zero-order chi connectivity index (χ0) is 15.0. The zero-order valence-corrected chi connectivity index (χ0v) is 14.2. The molecule has 2 aromatic carbocycles. The van der Waals surface area contributed by atoms with Gasteiger partial charge in [-0.05, 0) is 44.2 Å². The first-order valence-electron chi connectivity index (χ1n) is 7.29. The van der Waals surface area contributed by atoms with Gasteiger partial charge in [0.05, 0.1) is 0 Å². The minimum Gasteiger partial charge on any atom is -0.485 e. The number of rotatable bonds is 2. The average molecular weight is 346 g/mol. The van der Waals surface area contributed by atoms with Gasteiger partial charge in [-0.3, -0.25) is 0 Å². The van der Waals surface area contributed by atoms with Crippen LogP contribution in [0.5, 0.6) is 5.75 Å². The minimum atomic E-state index is 0.0922. The van der Waals surface area contributed by atoms with Gasteiger partial charge in [-0.2, -0.15) is 0 Å². The van der Waals surface area contributed by atoms with E-state index >= 15 is 0 Å². The van der Waals surface area contributed by atoms with Crippen molar-refractivity contribution in [1.82, 2.24) is 5.32 Å². The summed E-state index contributed by atoms with van der Waals surface area (Å²) in [5.74, 6) is 0.993. The van der Waals surface area contributed by atoms with E-state index in [-0.39, 0.29) is 6.10 Å². The van der Waals surface area contributed by atoms with Gasteiger partial charge >= 0.3 is 0 Å². The first-order chi connectivity index (χ1) is 10.1. The van der Waals surface area contributed by atoms with Gasteiger partial charge < -0.3 is 10.1 Å². The van der Waals surface area contributed by atoms with E-state index in [9.17, 15) is 0 Å². The molecule has 2 unspecified atom stereocenters. The highest BCUT2D eigenvalue weighted by atomic mass is 79.9. The normalized spacial score (nSPS) is 20.8. The van der Waals surface area contributed by atoms with Crippen LogP contribution in [0.2, 0.25) is 0 Å². The van der Waals surface area contributed by atoms with Crippen LogP contribution in [-0.4, -0.2) is 7.05 Å². The monoisotopic (exact) mass is 345 g/mol. The van der Waals surface area contributed by atoms with Crippen molar-refractivity contribution < 1.29 is 4.74 Å². The molecule has 110 valence electrons. The van der Waals surface area contributed by atoms with Crippen molar-refractivity contribution in [2.24, 2.45) is 0 Å². The molecule has 0 aromatic heterocycles. The quantitative estimate of drug-likeness (QED) is 0.839. The molecular weight excluding hydrogens is 326 g/mol. The number of aryl methyl sites for hydroxylation is 2. The molecule has 0 radical (unpaired) electrons. The van der Waals surface area contributed by atoms with Crippen molar-refractivity contribution >= 4 is 15.9 Å². The molecule has 2 nitrogen and oxygen atoms in total. The molecule has 0 saturated heterocycles. The molecule has 1 aliphatic heterocycles. The fourth-order valence-corrected chi connectivity index (χ4v) is 3.27. The summed E-state index contributed by atoms with van der Waals surface area (Å²) < 4.78 is 7.38. The lowest BCUT2D eigenvalue weighted by molar-refractivity contribution is 0.154. The Morgan fingerprint density at radius 2 is 1.95 bits per heavy atom. The number of hydrogen-bond acceptors (Lipinski definition) is 2. The summed E-state index contributed by atoms with van der Waals surface area (Å²) in [6.45, 7) is 4.22. The number of benzene rings is 2. The van der Waals surface area contributed by atoms with Crippen LogP contribution in [0.25, 0.3) is 0 Å². The molecule has 0 fully saturated rings. The standard InChI is InChI=1S/C18H20BrNO/c1-11-4-7-17-14(8-11)16(20-3)10-18(21-17)13-6-5-12(2)15(19)9-13/h4-9,16,18,20H,10H2,1-3H3. The van der Waals surface area contributed by atoms with Gasteiger partial charge in [0.25, 0.3) is 0 Å². The number of ether oxygens (including phenoxy) is 1. The summed E-state index contributed by atoms with van der Waals surface area (Å²) in [5, 5.41) is 3.42. The minimum absolute atomic E-state index is 0.0922. The van der Waals surface area contributed by atoms with E-state index in [4.69, 9.17) is 4.74 Å². The highest BCUT2D eigenvalue weighted by Crippen LogP contribution is 2.41. The molecule has 3 heteroatoms. The average Bonchev–Trinajstić information content (AvgIpc) is 2.49. The van der Waals surface area contributed by atoms with Crippen molar-refractivity contribution in [3.63, 3.8) is 0 Å². The largest absolute Gasteiger partial charge is 0.485 e. The number of hydrogen-bond donors (Lipinski definition) is 1.